The van der Waals surface area contributed by atoms with E-state index in [1.165, 1.54) is 12.8 Å². The van der Waals surface area contributed by atoms with Gasteiger partial charge in [0.1, 0.15) is 0 Å². The number of ether oxygens (including phenoxy) is 1. The average molecular weight is 220 g/mol. The van der Waals surface area contributed by atoms with Crippen LogP contribution in [0.15, 0.2) is 12.3 Å². The second-order valence-corrected chi connectivity index (χ2v) is 5.70. The van der Waals surface area contributed by atoms with Crippen LogP contribution in [0, 0.1) is 5.41 Å². The van der Waals surface area contributed by atoms with Gasteiger partial charge in [0.15, 0.2) is 0 Å². The Labute approximate surface area is 97.3 Å². The summed E-state index contributed by atoms with van der Waals surface area (Å²) in [5, 5.41) is 0. The maximum absolute atomic E-state index is 5.58. The van der Waals surface area contributed by atoms with Gasteiger partial charge in [-0.05, 0) is 30.7 Å². The van der Waals surface area contributed by atoms with E-state index in [4.69, 9.17) is 4.74 Å². The fourth-order valence-corrected chi connectivity index (χ4v) is 1.48. The van der Waals surface area contributed by atoms with Crippen molar-refractivity contribution in [3.05, 3.63) is 18.0 Å². The fraction of sp³-hybridized carbons (Fsp3) is 0.692. The van der Waals surface area contributed by atoms with E-state index in [0.717, 1.165) is 12.1 Å². The van der Waals surface area contributed by atoms with Gasteiger partial charge in [-0.15, -0.1) is 0 Å². The number of aromatic nitrogens is 2. The molecule has 1 aliphatic rings. The Bertz CT molecular complexity index is 353. The second kappa shape index (κ2) is 4.40. The van der Waals surface area contributed by atoms with Crippen molar-refractivity contribution in [3.8, 4) is 6.01 Å². The van der Waals surface area contributed by atoms with Crippen LogP contribution < -0.4 is 4.74 Å². The third-order valence-corrected chi connectivity index (χ3v) is 2.73. The minimum Gasteiger partial charge on any atom is -0.463 e. The Morgan fingerprint density at radius 1 is 1.38 bits per heavy atom. The monoisotopic (exact) mass is 220 g/mol. The SMILES string of the molecule is CC(C)(C)CCOc1nccc(C2CC2)n1. The quantitative estimate of drug-likeness (QED) is 0.781. The molecule has 0 N–H and O–H groups in total. The molecule has 1 aromatic heterocycles. The first kappa shape index (κ1) is 11.4. The van der Waals surface area contributed by atoms with E-state index < -0.39 is 0 Å². The van der Waals surface area contributed by atoms with Gasteiger partial charge in [0.25, 0.3) is 0 Å². The molecule has 88 valence electrons. The molecule has 0 atom stereocenters. The molecule has 2 rings (SSSR count). The summed E-state index contributed by atoms with van der Waals surface area (Å²) in [6.07, 6.45) is 5.34. The molecule has 3 heteroatoms. The fourth-order valence-electron chi connectivity index (χ4n) is 1.48. The molecule has 0 unspecified atom stereocenters. The highest BCUT2D eigenvalue weighted by Crippen LogP contribution is 2.39. The van der Waals surface area contributed by atoms with Gasteiger partial charge in [-0.1, -0.05) is 20.8 Å². The molecule has 0 bridgehead atoms. The van der Waals surface area contributed by atoms with E-state index in [1.54, 1.807) is 6.20 Å². The van der Waals surface area contributed by atoms with Gasteiger partial charge in [0, 0.05) is 12.1 Å². The predicted octanol–water partition coefficient (Wildman–Crippen LogP) is 3.17. The lowest BCUT2D eigenvalue weighted by Crippen LogP contribution is -2.12. The molecule has 1 aliphatic carbocycles. The van der Waals surface area contributed by atoms with Crippen LogP contribution >= 0.6 is 0 Å². The van der Waals surface area contributed by atoms with Gasteiger partial charge in [0.2, 0.25) is 0 Å². The van der Waals surface area contributed by atoms with Crippen molar-refractivity contribution in [1.29, 1.82) is 0 Å². The third kappa shape index (κ3) is 3.47. The van der Waals surface area contributed by atoms with Gasteiger partial charge < -0.3 is 4.74 Å². The minimum absolute atomic E-state index is 0.300. The first-order chi connectivity index (χ1) is 7.54. The van der Waals surface area contributed by atoms with E-state index in [2.05, 4.69) is 30.7 Å². The number of nitrogens with zero attached hydrogens (tertiary/aromatic N) is 2. The molecular formula is C13H20N2O. The van der Waals surface area contributed by atoms with Crippen LogP contribution in [0.1, 0.15) is 51.6 Å². The van der Waals surface area contributed by atoms with Crippen LogP contribution in [-0.4, -0.2) is 16.6 Å². The molecule has 0 amide bonds. The van der Waals surface area contributed by atoms with Crippen LogP contribution in [0.3, 0.4) is 0 Å². The van der Waals surface area contributed by atoms with E-state index in [1.807, 2.05) is 6.07 Å². The topological polar surface area (TPSA) is 35.0 Å². The zero-order valence-corrected chi connectivity index (χ0v) is 10.4. The summed E-state index contributed by atoms with van der Waals surface area (Å²) in [7, 11) is 0. The Balaban J connectivity index is 1.86. The van der Waals surface area contributed by atoms with Crippen molar-refractivity contribution in [2.75, 3.05) is 6.61 Å². The molecule has 1 saturated carbocycles. The van der Waals surface area contributed by atoms with Crippen molar-refractivity contribution in [1.82, 2.24) is 9.97 Å². The average Bonchev–Trinajstić information content (AvgIpc) is 2.99. The number of hydrogen-bond acceptors (Lipinski definition) is 3. The van der Waals surface area contributed by atoms with Crippen LogP contribution in [0.4, 0.5) is 0 Å². The minimum atomic E-state index is 0.300. The first-order valence-corrected chi connectivity index (χ1v) is 6.00. The van der Waals surface area contributed by atoms with Crippen molar-refractivity contribution >= 4 is 0 Å². The summed E-state index contributed by atoms with van der Waals surface area (Å²) in [6, 6.07) is 2.53. The van der Waals surface area contributed by atoms with Gasteiger partial charge in [-0.2, -0.15) is 4.98 Å². The molecule has 1 fully saturated rings. The maximum atomic E-state index is 5.58. The van der Waals surface area contributed by atoms with Crippen LogP contribution in [0.5, 0.6) is 6.01 Å². The molecule has 0 radical (unpaired) electrons. The highest BCUT2D eigenvalue weighted by Gasteiger charge is 2.25. The normalized spacial score (nSPS) is 16.2. The Morgan fingerprint density at radius 2 is 2.12 bits per heavy atom. The van der Waals surface area contributed by atoms with Gasteiger partial charge in [-0.25, -0.2) is 4.98 Å². The Morgan fingerprint density at radius 3 is 2.75 bits per heavy atom. The number of hydrogen-bond donors (Lipinski definition) is 0. The lowest BCUT2D eigenvalue weighted by atomic mass is 9.93. The highest BCUT2D eigenvalue weighted by molar-refractivity contribution is 5.15. The zero-order chi connectivity index (χ0) is 11.6. The van der Waals surface area contributed by atoms with Crippen molar-refractivity contribution in [2.24, 2.45) is 5.41 Å². The van der Waals surface area contributed by atoms with E-state index in [9.17, 15) is 0 Å². The zero-order valence-electron chi connectivity index (χ0n) is 10.4. The first-order valence-electron chi connectivity index (χ1n) is 6.00. The van der Waals surface area contributed by atoms with E-state index >= 15 is 0 Å². The molecule has 0 spiro atoms. The molecule has 1 aromatic rings. The Kier molecular flexibility index (Phi) is 3.13. The van der Waals surface area contributed by atoms with E-state index in [0.29, 0.717) is 24.0 Å². The Hall–Kier alpha value is -1.12. The number of rotatable bonds is 4. The molecular weight excluding hydrogens is 200 g/mol. The molecule has 3 nitrogen and oxygen atoms in total. The summed E-state index contributed by atoms with van der Waals surface area (Å²) >= 11 is 0. The summed E-state index contributed by atoms with van der Waals surface area (Å²) < 4.78 is 5.58. The van der Waals surface area contributed by atoms with E-state index in [-0.39, 0.29) is 0 Å². The van der Waals surface area contributed by atoms with Crippen LogP contribution in [0.25, 0.3) is 0 Å². The smallest absolute Gasteiger partial charge is 0.316 e. The van der Waals surface area contributed by atoms with Gasteiger partial charge >= 0.3 is 6.01 Å². The lowest BCUT2D eigenvalue weighted by molar-refractivity contribution is 0.228. The molecule has 0 aromatic carbocycles. The van der Waals surface area contributed by atoms with Crippen molar-refractivity contribution < 1.29 is 4.74 Å². The molecule has 0 aliphatic heterocycles. The summed E-state index contributed by atoms with van der Waals surface area (Å²) in [5.41, 5.74) is 1.44. The summed E-state index contributed by atoms with van der Waals surface area (Å²) in [4.78, 5) is 8.56. The molecule has 0 saturated heterocycles. The van der Waals surface area contributed by atoms with Crippen LogP contribution in [-0.2, 0) is 0 Å². The highest BCUT2D eigenvalue weighted by atomic mass is 16.5. The predicted molar refractivity (Wildman–Crippen MR) is 63.6 cm³/mol. The van der Waals surface area contributed by atoms with Crippen molar-refractivity contribution in [2.45, 2.75) is 46.0 Å². The second-order valence-electron chi connectivity index (χ2n) is 5.70. The summed E-state index contributed by atoms with van der Waals surface area (Å²) in [6.45, 7) is 7.31. The molecule has 1 heterocycles. The van der Waals surface area contributed by atoms with Gasteiger partial charge in [-0.3, -0.25) is 0 Å². The third-order valence-electron chi connectivity index (χ3n) is 2.73. The van der Waals surface area contributed by atoms with Gasteiger partial charge in [0.05, 0.1) is 12.3 Å². The maximum Gasteiger partial charge on any atom is 0.316 e. The standard InChI is InChI=1S/C13H20N2O/c1-13(2,3)7-9-16-12-14-8-6-11(15-12)10-4-5-10/h6,8,10H,4-5,7,9H2,1-3H3. The van der Waals surface area contributed by atoms with Crippen molar-refractivity contribution in [3.63, 3.8) is 0 Å². The lowest BCUT2D eigenvalue weighted by Gasteiger charge is -2.17. The van der Waals surface area contributed by atoms with Crippen LogP contribution in [0.2, 0.25) is 0 Å². The summed E-state index contributed by atoms with van der Waals surface area (Å²) in [5.74, 6) is 0.660. The largest absolute Gasteiger partial charge is 0.463 e. The molecule has 16 heavy (non-hydrogen) atoms.